The molecule has 0 aliphatic carbocycles. The van der Waals surface area contributed by atoms with E-state index in [9.17, 15) is 4.79 Å². The first-order chi connectivity index (χ1) is 7.77. The van der Waals surface area contributed by atoms with E-state index in [0.29, 0.717) is 5.69 Å². The Bertz CT molecular complexity index is 368. The molecule has 1 aromatic carbocycles. The Hall–Kier alpha value is -1.35. The van der Waals surface area contributed by atoms with Gasteiger partial charge in [0.25, 0.3) is 0 Å². The first kappa shape index (κ1) is 11.1. The van der Waals surface area contributed by atoms with Crippen molar-refractivity contribution in [2.24, 2.45) is 0 Å². The van der Waals surface area contributed by atoms with E-state index in [-0.39, 0.29) is 11.8 Å². The standard InChI is InChI=1S/C13H18N2O/c14-11-6-4-5-10(9-11)13(16)12-7-2-1-3-8-15-12/h4-6,9,12,15H,1-3,7-8,14H2. The van der Waals surface area contributed by atoms with E-state index in [4.69, 9.17) is 5.73 Å². The summed E-state index contributed by atoms with van der Waals surface area (Å²) in [5.74, 6) is 0.175. The van der Waals surface area contributed by atoms with Crippen LogP contribution in [0.15, 0.2) is 24.3 Å². The van der Waals surface area contributed by atoms with Crippen LogP contribution in [0.3, 0.4) is 0 Å². The SMILES string of the molecule is Nc1cccc(C(=O)C2CCCCCN2)c1. The molecule has 16 heavy (non-hydrogen) atoms. The van der Waals surface area contributed by atoms with Gasteiger partial charge in [0.05, 0.1) is 6.04 Å². The Morgan fingerprint density at radius 2 is 2.19 bits per heavy atom. The summed E-state index contributed by atoms with van der Waals surface area (Å²) < 4.78 is 0. The third-order valence-corrected chi connectivity index (χ3v) is 3.05. The van der Waals surface area contributed by atoms with Crippen molar-refractivity contribution in [3.8, 4) is 0 Å². The Morgan fingerprint density at radius 1 is 1.31 bits per heavy atom. The maximum atomic E-state index is 12.2. The zero-order valence-electron chi connectivity index (χ0n) is 9.41. The largest absolute Gasteiger partial charge is 0.399 e. The number of ketones is 1. The Labute approximate surface area is 96.0 Å². The van der Waals surface area contributed by atoms with Crippen molar-refractivity contribution in [3.05, 3.63) is 29.8 Å². The van der Waals surface area contributed by atoms with Crippen molar-refractivity contribution in [1.82, 2.24) is 5.32 Å². The van der Waals surface area contributed by atoms with Gasteiger partial charge in [0.2, 0.25) is 0 Å². The second kappa shape index (κ2) is 5.12. The number of rotatable bonds is 2. The minimum Gasteiger partial charge on any atom is -0.399 e. The zero-order valence-corrected chi connectivity index (χ0v) is 9.41. The summed E-state index contributed by atoms with van der Waals surface area (Å²) >= 11 is 0. The minimum atomic E-state index is -0.0238. The molecule has 2 rings (SSSR count). The highest BCUT2D eigenvalue weighted by atomic mass is 16.1. The average molecular weight is 218 g/mol. The number of Topliss-reactive ketones (excluding diaryl/α,β-unsaturated/α-hetero) is 1. The summed E-state index contributed by atoms with van der Waals surface area (Å²) in [6.07, 6.45) is 4.45. The maximum absolute atomic E-state index is 12.2. The molecule has 3 heteroatoms. The van der Waals surface area contributed by atoms with Gasteiger partial charge in [0.15, 0.2) is 5.78 Å². The number of carbonyl (C=O) groups excluding carboxylic acids is 1. The lowest BCUT2D eigenvalue weighted by atomic mass is 10.00. The molecule has 3 nitrogen and oxygen atoms in total. The predicted octanol–water partition coefficient (Wildman–Crippen LogP) is 1.98. The van der Waals surface area contributed by atoms with Gasteiger partial charge in [0, 0.05) is 11.3 Å². The van der Waals surface area contributed by atoms with Crippen LogP contribution in [0, 0.1) is 0 Å². The number of nitrogens with two attached hydrogens (primary N) is 1. The van der Waals surface area contributed by atoms with E-state index < -0.39 is 0 Å². The Morgan fingerprint density at radius 3 is 3.00 bits per heavy atom. The third-order valence-electron chi connectivity index (χ3n) is 3.05. The summed E-state index contributed by atoms with van der Waals surface area (Å²) in [5, 5.41) is 3.31. The summed E-state index contributed by atoms with van der Waals surface area (Å²) in [7, 11) is 0. The summed E-state index contributed by atoms with van der Waals surface area (Å²) in [6, 6.07) is 7.21. The number of carbonyl (C=O) groups is 1. The normalized spacial score (nSPS) is 21.4. The summed E-state index contributed by atoms with van der Waals surface area (Å²) in [4.78, 5) is 12.2. The lowest BCUT2D eigenvalue weighted by Gasteiger charge is -2.14. The molecule has 1 fully saturated rings. The Kier molecular flexibility index (Phi) is 3.57. The van der Waals surface area contributed by atoms with Crippen LogP contribution in [0.25, 0.3) is 0 Å². The van der Waals surface area contributed by atoms with Crippen LogP contribution in [0.2, 0.25) is 0 Å². The van der Waals surface area contributed by atoms with Gasteiger partial charge >= 0.3 is 0 Å². The number of benzene rings is 1. The molecule has 1 aromatic rings. The third kappa shape index (κ3) is 2.61. The highest BCUT2D eigenvalue weighted by Crippen LogP contribution is 2.15. The fourth-order valence-electron chi connectivity index (χ4n) is 2.15. The minimum absolute atomic E-state index is 0.0238. The van der Waals surface area contributed by atoms with Gasteiger partial charge in [0.1, 0.15) is 0 Å². The van der Waals surface area contributed by atoms with Gasteiger partial charge in [-0.25, -0.2) is 0 Å². The molecule has 0 amide bonds. The Balaban J connectivity index is 2.11. The molecular formula is C13H18N2O. The second-order valence-corrected chi connectivity index (χ2v) is 4.35. The highest BCUT2D eigenvalue weighted by molar-refractivity contribution is 6.00. The predicted molar refractivity (Wildman–Crippen MR) is 65.4 cm³/mol. The molecule has 0 radical (unpaired) electrons. The van der Waals surface area contributed by atoms with Crippen LogP contribution in [0.5, 0.6) is 0 Å². The zero-order chi connectivity index (χ0) is 11.4. The van der Waals surface area contributed by atoms with Crippen LogP contribution in [-0.2, 0) is 0 Å². The van der Waals surface area contributed by atoms with E-state index in [1.165, 1.54) is 12.8 Å². The van der Waals surface area contributed by atoms with Gasteiger partial charge in [-0.05, 0) is 31.5 Å². The first-order valence-electron chi connectivity index (χ1n) is 5.90. The molecule has 0 saturated carbocycles. The topological polar surface area (TPSA) is 55.1 Å². The smallest absolute Gasteiger partial charge is 0.179 e. The molecule has 1 heterocycles. The van der Waals surface area contributed by atoms with Gasteiger partial charge in [-0.15, -0.1) is 0 Å². The lowest BCUT2D eigenvalue weighted by molar-refractivity contribution is 0.0941. The van der Waals surface area contributed by atoms with E-state index in [0.717, 1.165) is 24.9 Å². The molecule has 1 aliphatic rings. The quantitative estimate of drug-likeness (QED) is 0.589. The van der Waals surface area contributed by atoms with Crippen LogP contribution < -0.4 is 11.1 Å². The van der Waals surface area contributed by atoms with Crippen molar-refractivity contribution in [2.75, 3.05) is 12.3 Å². The summed E-state index contributed by atoms with van der Waals surface area (Å²) in [6.45, 7) is 0.943. The van der Waals surface area contributed by atoms with Crippen LogP contribution >= 0.6 is 0 Å². The van der Waals surface area contributed by atoms with Gasteiger partial charge < -0.3 is 11.1 Å². The molecule has 86 valence electrons. The first-order valence-corrected chi connectivity index (χ1v) is 5.90. The number of nitrogens with one attached hydrogen (secondary N) is 1. The molecule has 0 spiro atoms. The second-order valence-electron chi connectivity index (χ2n) is 4.35. The molecule has 0 aromatic heterocycles. The van der Waals surface area contributed by atoms with Crippen LogP contribution in [0.4, 0.5) is 5.69 Å². The number of anilines is 1. The molecule has 1 unspecified atom stereocenters. The van der Waals surface area contributed by atoms with Crippen molar-refractivity contribution in [2.45, 2.75) is 31.7 Å². The maximum Gasteiger partial charge on any atom is 0.179 e. The van der Waals surface area contributed by atoms with Crippen molar-refractivity contribution >= 4 is 11.5 Å². The van der Waals surface area contributed by atoms with Crippen molar-refractivity contribution in [3.63, 3.8) is 0 Å². The number of hydrogen-bond acceptors (Lipinski definition) is 3. The summed E-state index contributed by atoms with van der Waals surface area (Å²) in [5.41, 5.74) is 7.06. The van der Waals surface area contributed by atoms with Gasteiger partial charge in [-0.1, -0.05) is 25.0 Å². The molecule has 0 bridgehead atoms. The van der Waals surface area contributed by atoms with E-state index in [1.807, 2.05) is 12.1 Å². The number of hydrogen-bond donors (Lipinski definition) is 2. The van der Waals surface area contributed by atoms with E-state index >= 15 is 0 Å². The molecule has 1 atom stereocenters. The van der Waals surface area contributed by atoms with E-state index in [1.54, 1.807) is 12.1 Å². The van der Waals surface area contributed by atoms with Crippen molar-refractivity contribution in [1.29, 1.82) is 0 Å². The molecular weight excluding hydrogens is 200 g/mol. The van der Waals surface area contributed by atoms with E-state index in [2.05, 4.69) is 5.32 Å². The fraction of sp³-hybridized carbons (Fsp3) is 0.462. The molecule has 1 aliphatic heterocycles. The van der Waals surface area contributed by atoms with Crippen LogP contribution in [-0.4, -0.2) is 18.4 Å². The number of nitrogen functional groups attached to an aromatic ring is 1. The monoisotopic (exact) mass is 218 g/mol. The lowest BCUT2D eigenvalue weighted by Crippen LogP contribution is -2.36. The molecule has 1 saturated heterocycles. The highest BCUT2D eigenvalue weighted by Gasteiger charge is 2.20. The molecule has 3 N–H and O–H groups in total. The van der Waals surface area contributed by atoms with Crippen molar-refractivity contribution < 1.29 is 4.79 Å². The van der Waals surface area contributed by atoms with Crippen LogP contribution in [0.1, 0.15) is 36.0 Å². The average Bonchev–Trinajstić information content (AvgIpc) is 2.56. The fourth-order valence-corrected chi connectivity index (χ4v) is 2.15. The van der Waals surface area contributed by atoms with Gasteiger partial charge in [-0.2, -0.15) is 0 Å². The van der Waals surface area contributed by atoms with Gasteiger partial charge in [-0.3, -0.25) is 4.79 Å².